The highest BCUT2D eigenvalue weighted by molar-refractivity contribution is 8.08. The van der Waals surface area contributed by atoms with Crippen LogP contribution in [0.4, 0.5) is 0 Å². The molecule has 0 fully saturated rings. The monoisotopic (exact) mass is 288 g/mol. The zero-order chi connectivity index (χ0) is 13.7. The third-order valence-corrected chi connectivity index (χ3v) is 5.71. The largest absolute Gasteiger partial charge is 0.468 e. The number of carbonyl (C=O) groups is 2. The van der Waals surface area contributed by atoms with E-state index in [9.17, 15) is 26.4 Å². The molecule has 8 nitrogen and oxygen atoms in total. The molecule has 17 heavy (non-hydrogen) atoms. The summed E-state index contributed by atoms with van der Waals surface area (Å²) in [6.45, 7) is 0. The van der Waals surface area contributed by atoms with Crippen molar-refractivity contribution in [3.8, 4) is 0 Å². The first-order valence-electron chi connectivity index (χ1n) is 4.16. The number of methoxy groups -OCH3 is 2. The molecule has 0 heterocycles. The van der Waals surface area contributed by atoms with Gasteiger partial charge in [-0.05, 0) is 0 Å². The second kappa shape index (κ2) is 5.96. The fourth-order valence-electron chi connectivity index (χ4n) is 0.834. The average molecular weight is 288 g/mol. The predicted molar refractivity (Wildman–Crippen MR) is 56.5 cm³/mol. The highest BCUT2D eigenvalue weighted by Gasteiger charge is 2.27. The van der Waals surface area contributed by atoms with Crippen LogP contribution >= 0.6 is 0 Å². The molecule has 0 bridgehead atoms. The Hall–Kier alpha value is -1.16. The quantitative estimate of drug-likeness (QED) is 0.521. The van der Waals surface area contributed by atoms with Gasteiger partial charge in [0.1, 0.15) is 11.5 Å². The molecule has 0 saturated heterocycles. The number of sulfone groups is 2. The zero-order valence-electron chi connectivity index (χ0n) is 9.20. The standard InChI is InChI=1S/C7H12O8S2/c1-14-6(8)3-16(10,11)5-17(12,13)4-7(9)15-2/h3-5H2,1-2H3. The molecular formula is C7H12O8S2. The lowest BCUT2D eigenvalue weighted by molar-refractivity contribution is -0.138. The number of hydrogen-bond acceptors (Lipinski definition) is 8. The van der Waals surface area contributed by atoms with Gasteiger partial charge >= 0.3 is 11.9 Å². The Bertz CT molecular complexity index is 440. The molecule has 0 spiro atoms. The molecule has 0 aliphatic heterocycles. The van der Waals surface area contributed by atoms with Crippen LogP contribution in [0, 0.1) is 0 Å². The van der Waals surface area contributed by atoms with Crippen molar-refractivity contribution in [1.82, 2.24) is 0 Å². The summed E-state index contributed by atoms with van der Waals surface area (Å²) in [5.41, 5.74) is 0. The van der Waals surface area contributed by atoms with Crippen LogP contribution in [-0.4, -0.2) is 59.6 Å². The van der Waals surface area contributed by atoms with Gasteiger partial charge in [-0.2, -0.15) is 0 Å². The van der Waals surface area contributed by atoms with E-state index < -0.39 is 48.2 Å². The molecule has 0 aliphatic carbocycles. The highest BCUT2D eigenvalue weighted by atomic mass is 32.3. The Labute approximate surface area is 98.7 Å². The van der Waals surface area contributed by atoms with E-state index in [1.54, 1.807) is 0 Å². The van der Waals surface area contributed by atoms with E-state index in [2.05, 4.69) is 9.47 Å². The van der Waals surface area contributed by atoms with E-state index in [1.807, 2.05) is 0 Å². The van der Waals surface area contributed by atoms with E-state index in [0.29, 0.717) is 0 Å². The van der Waals surface area contributed by atoms with Gasteiger partial charge in [0.2, 0.25) is 0 Å². The molecule has 0 rings (SSSR count). The second-order valence-electron chi connectivity index (χ2n) is 3.05. The summed E-state index contributed by atoms with van der Waals surface area (Å²) < 4.78 is 53.2. The maximum atomic E-state index is 11.3. The SMILES string of the molecule is COC(=O)CS(=O)(=O)CS(=O)(=O)CC(=O)OC. The second-order valence-corrected chi connectivity index (χ2v) is 7.54. The average Bonchev–Trinajstić information content (AvgIpc) is 2.13. The normalized spacial score (nSPS) is 11.9. The van der Waals surface area contributed by atoms with Gasteiger partial charge in [0.25, 0.3) is 0 Å². The molecule has 0 amide bonds. The van der Waals surface area contributed by atoms with Gasteiger partial charge in [-0.25, -0.2) is 16.8 Å². The topological polar surface area (TPSA) is 121 Å². The molecule has 0 aromatic rings. The summed E-state index contributed by atoms with van der Waals surface area (Å²) in [5, 5.41) is -1.30. The third kappa shape index (κ3) is 6.89. The highest BCUT2D eigenvalue weighted by Crippen LogP contribution is 2.01. The Morgan fingerprint density at radius 1 is 0.824 bits per heavy atom. The van der Waals surface area contributed by atoms with Crippen molar-refractivity contribution in [1.29, 1.82) is 0 Å². The summed E-state index contributed by atoms with van der Waals surface area (Å²) in [5.74, 6) is -4.25. The van der Waals surface area contributed by atoms with Crippen molar-refractivity contribution < 1.29 is 35.9 Å². The Morgan fingerprint density at radius 2 is 1.12 bits per heavy atom. The number of hydrogen-bond donors (Lipinski definition) is 0. The van der Waals surface area contributed by atoms with Crippen LogP contribution in [0.1, 0.15) is 0 Å². The summed E-state index contributed by atoms with van der Waals surface area (Å²) in [6.07, 6.45) is 0. The number of esters is 2. The van der Waals surface area contributed by atoms with Gasteiger partial charge in [0.15, 0.2) is 24.8 Å². The fraction of sp³-hybridized carbons (Fsp3) is 0.714. The maximum Gasteiger partial charge on any atom is 0.320 e. The zero-order valence-corrected chi connectivity index (χ0v) is 10.8. The van der Waals surface area contributed by atoms with Crippen LogP contribution in [0.3, 0.4) is 0 Å². The van der Waals surface area contributed by atoms with E-state index >= 15 is 0 Å². The number of rotatable bonds is 6. The van der Waals surface area contributed by atoms with Gasteiger partial charge in [0, 0.05) is 0 Å². The van der Waals surface area contributed by atoms with Gasteiger partial charge in [-0.15, -0.1) is 0 Å². The van der Waals surface area contributed by atoms with Gasteiger partial charge in [-0.3, -0.25) is 9.59 Å². The third-order valence-electron chi connectivity index (χ3n) is 1.49. The molecule has 0 saturated carbocycles. The van der Waals surface area contributed by atoms with Gasteiger partial charge < -0.3 is 9.47 Å². The minimum atomic E-state index is -4.17. The van der Waals surface area contributed by atoms with Crippen molar-refractivity contribution in [3.05, 3.63) is 0 Å². The molecule has 0 aliphatic rings. The Kier molecular flexibility index (Phi) is 5.55. The molecule has 100 valence electrons. The van der Waals surface area contributed by atoms with Gasteiger partial charge in [0.05, 0.1) is 14.2 Å². The number of carbonyl (C=O) groups excluding carboxylic acids is 2. The van der Waals surface area contributed by atoms with Crippen molar-refractivity contribution in [3.63, 3.8) is 0 Å². The first kappa shape index (κ1) is 15.8. The van der Waals surface area contributed by atoms with E-state index in [1.165, 1.54) is 0 Å². The van der Waals surface area contributed by atoms with E-state index in [-0.39, 0.29) is 0 Å². The fourth-order valence-corrected chi connectivity index (χ4v) is 4.64. The first-order chi connectivity index (χ1) is 7.62. The molecule has 10 heteroatoms. The molecule has 0 radical (unpaired) electrons. The molecule has 0 atom stereocenters. The Morgan fingerprint density at radius 3 is 1.35 bits per heavy atom. The van der Waals surface area contributed by atoms with Crippen LogP contribution in [0.2, 0.25) is 0 Å². The van der Waals surface area contributed by atoms with Crippen LogP contribution in [0.15, 0.2) is 0 Å². The van der Waals surface area contributed by atoms with Crippen molar-refractivity contribution in [2.75, 3.05) is 30.8 Å². The molecule has 0 N–H and O–H groups in total. The minimum Gasteiger partial charge on any atom is -0.468 e. The first-order valence-corrected chi connectivity index (χ1v) is 7.80. The van der Waals surface area contributed by atoms with Crippen molar-refractivity contribution >= 4 is 31.6 Å². The molecule has 0 unspecified atom stereocenters. The Balaban J connectivity index is 4.72. The van der Waals surface area contributed by atoms with Crippen LogP contribution in [0.25, 0.3) is 0 Å². The maximum absolute atomic E-state index is 11.3. The molecule has 0 aromatic heterocycles. The van der Waals surface area contributed by atoms with Crippen molar-refractivity contribution in [2.45, 2.75) is 0 Å². The lowest BCUT2D eigenvalue weighted by Gasteiger charge is -2.04. The predicted octanol–water partition coefficient (Wildman–Crippen LogP) is -1.88. The van der Waals surface area contributed by atoms with Gasteiger partial charge in [-0.1, -0.05) is 0 Å². The van der Waals surface area contributed by atoms with E-state index in [4.69, 9.17) is 0 Å². The summed E-state index contributed by atoms with van der Waals surface area (Å²) in [7, 11) is -6.40. The number of ether oxygens (including phenoxy) is 2. The van der Waals surface area contributed by atoms with Crippen LogP contribution < -0.4 is 0 Å². The minimum absolute atomic E-state index is 0.973. The lowest BCUT2D eigenvalue weighted by atomic mass is 10.8. The summed E-state index contributed by atoms with van der Waals surface area (Å²) >= 11 is 0. The van der Waals surface area contributed by atoms with Crippen LogP contribution in [-0.2, 0) is 38.7 Å². The molecule has 0 aromatic carbocycles. The van der Waals surface area contributed by atoms with E-state index in [0.717, 1.165) is 14.2 Å². The summed E-state index contributed by atoms with van der Waals surface area (Å²) in [6, 6.07) is 0. The smallest absolute Gasteiger partial charge is 0.320 e. The van der Waals surface area contributed by atoms with Crippen LogP contribution in [0.5, 0.6) is 0 Å². The molecular weight excluding hydrogens is 276 g/mol. The lowest BCUT2D eigenvalue weighted by Crippen LogP contribution is -2.28. The van der Waals surface area contributed by atoms with Crippen molar-refractivity contribution in [2.24, 2.45) is 0 Å². The summed E-state index contributed by atoms with van der Waals surface area (Å²) in [4.78, 5) is 21.4.